The molecule has 11 heteroatoms. The van der Waals surface area contributed by atoms with Gasteiger partial charge in [0.25, 0.3) is 0 Å². The molecule has 33 heavy (non-hydrogen) atoms. The Morgan fingerprint density at radius 3 is 2.73 bits per heavy atom. The van der Waals surface area contributed by atoms with Crippen LogP contribution in [0.3, 0.4) is 0 Å². The van der Waals surface area contributed by atoms with Gasteiger partial charge in [0.1, 0.15) is 5.71 Å². The lowest BCUT2D eigenvalue weighted by Gasteiger charge is -2.43. The first-order chi connectivity index (χ1) is 15.8. The SMILES string of the molecule is CNC(=O)/C=C\C(=O)N[C@@H](C)CN1CCC2(CC1)OC(=O)NN=C2c1cc(C#N)ccc1Br. The fraction of sp³-hybridized carbons (Fsp3) is 0.409. The molecule has 2 heterocycles. The zero-order valence-electron chi connectivity index (χ0n) is 18.4. The minimum atomic E-state index is -0.905. The van der Waals surface area contributed by atoms with Crippen LogP contribution in [0.15, 0.2) is 39.9 Å². The minimum Gasteiger partial charge on any atom is -0.435 e. The average molecular weight is 517 g/mol. The molecule has 0 aromatic heterocycles. The van der Waals surface area contributed by atoms with Gasteiger partial charge in [0.15, 0.2) is 5.60 Å². The smallest absolute Gasteiger partial charge is 0.428 e. The highest BCUT2D eigenvalue weighted by Gasteiger charge is 2.46. The second-order valence-corrected chi connectivity index (χ2v) is 8.77. The van der Waals surface area contributed by atoms with Crippen LogP contribution in [0.1, 0.15) is 30.9 Å². The lowest BCUT2D eigenvalue weighted by Crippen LogP contribution is -2.57. The van der Waals surface area contributed by atoms with E-state index in [4.69, 9.17) is 4.74 Å². The van der Waals surface area contributed by atoms with Gasteiger partial charge in [0.05, 0.1) is 11.6 Å². The van der Waals surface area contributed by atoms with Crippen LogP contribution in [-0.2, 0) is 14.3 Å². The quantitative estimate of drug-likeness (QED) is 0.489. The van der Waals surface area contributed by atoms with Gasteiger partial charge >= 0.3 is 6.09 Å². The molecule has 2 aliphatic rings. The van der Waals surface area contributed by atoms with Crippen molar-refractivity contribution in [3.05, 3.63) is 46.0 Å². The largest absolute Gasteiger partial charge is 0.435 e. The summed E-state index contributed by atoms with van der Waals surface area (Å²) in [7, 11) is 1.49. The fourth-order valence-electron chi connectivity index (χ4n) is 3.93. The Hall–Kier alpha value is -3.23. The molecule has 1 spiro atoms. The normalized spacial score (nSPS) is 18.6. The van der Waals surface area contributed by atoms with E-state index in [-0.39, 0.29) is 17.9 Å². The summed E-state index contributed by atoms with van der Waals surface area (Å²) in [5.74, 6) is -0.691. The number of carbonyl (C=O) groups is 3. The van der Waals surface area contributed by atoms with Gasteiger partial charge in [-0.15, -0.1) is 0 Å². The van der Waals surface area contributed by atoms with E-state index >= 15 is 0 Å². The molecule has 0 bridgehead atoms. The monoisotopic (exact) mass is 516 g/mol. The van der Waals surface area contributed by atoms with E-state index in [0.29, 0.717) is 49.3 Å². The maximum Gasteiger partial charge on any atom is 0.428 e. The molecule has 1 aromatic rings. The number of hydrogen-bond acceptors (Lipinski definition) is 7. The van der Waals surface area contributed by atoms with Crippen molar-refractivity contribution in [1.82, 2.24) is 21.0 Å². The number of halogens is 1. The average Bonchev–Trinajstić information content (AvgIpc) is 2.80. The number of nitrogens with one attached hydrogen (secondary N) is 3. The summed E-state index contributed by atoms with van der Waals surface area (Å²) in [6.07, 6.45) is 2.80. The number of hydrogen-bond donors (Lipinski definition) is 3. The third-order valence-corrected chi connectivity index (χ3v) is 6.24. The number of benzene rings is 1. The van der Waals surface area contributed by atoms with Crippen molar-refractivity contribution in [2.45, 2.75) is 31.4 Å². The highest BCUT2D eigenvalue weighted by atomic mass is 79.9. The van der Waals surface area contributed by atoms with Gasteiger partial charge in [0, 0.05) is 67.8 Å². The van der Waals surface area contributed by atoms with Gasteiger partial charge in [-0.2, -0.15) is 10.4 Å². The predicted molar refractivity (Wildman–Crippen MR) is 124 cm³/mol. The van der Waals surface area contributed by atoms with Crippen LogP contribution >= 0.6 is 15.9 Å². The molecule has 174 valence electrons. The molecule has 3 N–H and O–H groups in total. The molecule has 1 atom stereocenters. The maximum atomic E-state index is 12.0. The molecule has 0 unspecified atom stereocenters. The van der Waals surface area contributed by atoms with Gasteiger partial charge in [-0.1, -0.05) is 15.9 Å². The van der Waals surface area contributed by atoms with Crippen molar-refractivity contribution in [1.29, 1.82) is 5.26 Å². The van der Waals surface area contributed by atoms with Crippen molar-refractivity contribution in [3.63, 3.8) is 0 Å². The van der Waals surface area contributed by atoms with Gasteiger partial charge < -0.3 is 20.3 Å². The number of piperidine rings is 1. The van der Waals surface area contributed by atoms with Crippen LogP contribution in [0, 0.1) is 11.3 Å². The van der Waals surface area contributed by atoms with Gasteiger partial charge in [-0.3, -0.25) is 9.59 Å². The van der Waals surface area contributed by atoms with Crippen LogP contribution in [0.5, 0.6) is 0 Å². The second kappa shape index (κ2) is 10.6. The van der Waals surface area contributed by atoms with Crippen LogP contribution < -0.4 is 16.1 Å². The summed E-state index contributed by atoms with van der Waals surface area (Å²) in [6, 6.07) is 7.18. The lowest BCUT2D eigenvalue weighted by molar-refractivity contribution is -0.119. The molecule has 3 rings (SSSR count). The Morgan fingerprint density at radius 1 is 1.36 bits per heavy atom. The van der Waals surface area contributed by atoms with Crippen molar-refractivity contribution < 1.29 is 19.1 Å². The molecule has 1 fully saturated rings. The summed E-state index contributed by atoms with van der Waals surface area (Å²) < 4.78 is 6.52. The molecule has 3 amide bonds. The molecule has 10 nitrogen and oxygen atoms in total. The van der Waals surface area contributed by atoms with E-state index < -0.39 is 11.7 Å². The summed E-state index contributed by atoms with van der Waals surface area (Å²) >= 11 is 3.51. The van der Waals surface area contributed by atoms with Crippen LogP contribution in [-0.4, -0.2) is 66.8 Å². The molecule has 0 aliphatic carbocycles. The number of rotatable bonds is 6. The highest BCUT2D eigenvalue weighted by molar-refractivity contribution is 9.10. The van der Waals surface area contributed by atoms with Crippen molar-refractivity contribution in [3.8, 4) is 6.07 Å². The number of nitrogens with zero attached hydrogens (tertiary/aromatic N) is 3. The van der Waals surface area contributed by atoms with E-state index in [1.165, 1.54) is 19.2 Å². The topological polar surface area (TPSA) is 136 Å². The maximum absolute atomic E-state index is 12.0. The first-order valence-electron chi connectivity index (χ1n) is 10.5. The number of carbonyl (C=O) groups excluding carboxylic acids is 3. The van der Waals surface area contributed by atoms with Gasteiger partial charge in [0.2, 0.25) is 11.8 Å². The number of hydrazone groups is 1. The Balaban J connectivity index is 1.67. The first-order valence-corrected chi connectivity index (χ1v) is 11.3. The number of nitriles is 1. The molecular weight excluding hydrogens is 492 g/mol. The molecule has 0 radical (unpaired) electrons. The number of ether oxygens (including phenoxy) is 1. The molecular formula is C22H25BrN6O4. The number of amides is 3. The molecule has 2 aliphatic heterocycles. The number of likely N-dealkylation sites (N-methyl/N-ethyl adjacent to an activating group) is 1. The standard InChI is InChI=1S/C22H25BrN6O4/c1-14(26-19(31)6-5-18(30)25-2)13-29-9-7-22(8-10-29)20(27-28-21(32)33-22)16-11-15(12-24)3-4-17(16)23/h3-6,11,14H,7-10,13H2,1-2H3,(H,25,30)(H,26,31)(H,28,32)/b6-5-/t14-/m0/s1. The molecule has 1 aromatic carbocycles. The zero-order chi connectivity index (χ0) is 24.0. The Morgan fingerprint density at radius 2 is 2.06 bits per heavy atom. The minimum absolute atomic E-state index is 0.147. The van der Waals surface area contributed by atoms with E-state index in [0.717, 1.165) is 4.47 Å². The van der Waals surface area contributed by atoms with Crippen LogP contribution in [0.2, 0.25) is 0 Å². The molecule has 0 saturated carbocycles. The summed E-state index contributed by atoms with van der Waals surface area (Å²) in [5, 5.41) is 18.8. The van der Waals surface area contributed by atoms with Crippen molar-refractivity contribution >= 4 is 39.5 Å². The summed E-state index contributed by atoms with van der Waals surface area (Å²) in [4.78, 5) is 37.4. The predicted octanol–water partition coefficient (Wildman–Crippen LogP) is 1.41. The van der Waals surface area contributed by atoms with E-state index in [1.807, 2.05) is 6.92 Å². The third kappa shape index (κ3) is 5.97. The Bertz CT molecular complexity index is 1040. The third-order valence-electron chi connectivity index (χ3n) is 5.55. The lowest BCUT2D eigenvalue weighted by atomic mass is 9.82. The zero-order valence-corrected chi connectivity index (χ0v) is 19.9. The van der Waals surface area contributed by atoms with Gasteiger partial charge in [-0.25, -0.2) is 10.2 Å². The highest BCUT2D eigenvalue weighted by Crippen LogP contribution is 2.35. The summed E-state index contributed by atoms with van der Waals surface area (Å²) in [5.41, 5.74) is 3.24. The van der Waals surface area contributed by atoms with E-state index in [9.17, 15) is 19.6 Å². The van der Waals surface area contributed by atoms with Crippen LogP contribution in [0.25, 0.3) is 0 Å². The Labute approximate surface area is 200 Å². The Kier molecular flexibility index (Phi) is 7.84. The molecule has 1 saturated heterocycles. The van der Waals surface area contributed by atoms with E-state index in [2.05, 4.69) is 48.1 Å². The van der Waals surface area contributed by atoms with Crippen molar-refractivity contribution in [2.75, 3.05) is 26.7 Å². The first kappa shape index (κ1) is 24.4. The van der Waals surface area contributed by atoms with Gasteiger partial charge in [-0.05, 0) is 25.1 Å². The number of likely N-dealkylation sites (tertiary alicyclic amines) is 1. The second-order valence-electron chi connectivity index (χ2n) is 7.92. The summed E-state index contributed by atoms with van der Waals surface area (Å²) in [6.45, 7) is 3.73. The fourth-order valence-corrected chi connectivity index (χ4v) is 4.36. The van der Waals surface area contributed by atoms with E-state index in [1.54, 1.807) is 18.2 Å². The van der Waals surface area contributed by atoms with Crippen molar-refractivity contribution in [2.24, 2.45) is 5.10 Å². The van der Waals surface area contributed by atoms with Crippen LogP contribution in [0.4, 0.5) is 4.79 Å².